The first kappa shape index (κ1) is 32.1. The Morgan fingerprint density at radius 1 is 0.936 bits per heavy atom. The van der Waals surface area contributed by atoms with Gasteiger partial charge in [-0.2, -0.15) is 0 Å². The predicted molar refractivity (Wildman–Crippen MR) is 181 cm³/mol. The van der Waals surface area contributed by atoms with Crippen LogP contribution in [0.15, 0.2) is 72.9 Å². The summed E-state index contributed by atoms with van der Waals surface area (Å²) >= 11 is 0. The van der Waals surface area contributed by atoms with Crippen molar-refractivity contribution in [1.29, 1.82) is 0 Å². The molecule has 2 saturated heterocycles. The molecule has 47 heavy (non-hydrogen) atoms. The SMILES string of the molecule is C[N+]1(CCCOc2ccc3nccc(C(=O)NCC(=O)N4CCCC4C(=O)C(=O)Nc4ccc5ccccc5c4)c3c2)CCCCC1. The number of anilines is 1. The number of rotatable bonds is 11. The van der Waals surface area contributed by atoms with Gasteiger partial charge >= 0.3 is 0 Å². The quantitative estimate of drug-likeness (QED) is 0.140. The number of hydrogen-bond acceptors (Lipinski definition) is 6. The highest BCUT2D eigenvalue weighted by molar-refractivity contribution is 6.42. The van der Waals surface area contributed by atoms with Crippen molar-refractivity contribution in [3.8, 4) is 5.75 Å². The van der Waals surface area contributed by atoms with Crippen LogP contribution in [0, 0.1) is 0 Å². The molecule has 6 rings (SSSR count). The molecule has 2 aliphatic heterocycles. The lowest BCUT2D eigenvalue weighted by atomic mass is 10.1. The molecule has 0 spiro atoms. The topological polar surface area (TPSA) is 118 Å². The lowest BCUT2D eigenvalue weighted by Crippen LogP contribution is -2.48. The summed E-state index contributed by atoms with van der Waals surface area (Å²) < 4.78 is 7.16. The van der Waals surface area contributed by atoms with Crippen LogP contribution in [-0.2, 0) is 14.4 Å². The number of carbonyl (C=O) groups excluding carboxylic acids is 4. The molecule has 3 aromatic carbocycles. The molecule has 2 N–H and O–H groups in total. The highest BCUT2D eigenvalue weighted by Gasteiger charge is 2.37. The van der Waals surface area contributed by atoms with Crippen LogP contribution < -0.4 is 15.4 Å². The summed E-state index contributed by atoms with van der Waals surface area (Å²) in [7, 11) is 2.32. The largest absolute Gasteiger partial charge is 0.493 e. The van der Waals surface area contributed by atoms with Gasteiger partial charge in [0.2, 0.25) is 11.7 Å². The van der Waals surface area contributed by atoms with Gasteiger partial charge in [-0.3, -0.25) is 24.2 Å². The van der Waals surface area contributed by atoms with Crippen molar-refractivity contribution in [2.45, 2.75) is 44.6 Å². The number of nitrogens with zero attached hydrogens (tertiary/aromatic N) is 3. The number of hydrogen-bond donors (Lipinski definition) is 2. The maximum Gasteiger partial charge on any atom is 0.293 e. The van der Waals surface area contributed by atoms with Gasteiger partial charge in [-0.1, -0.05) is 30.3 Å². The van der Waals surface area contributed by atoms with Crippen molar-refractivity contribution in [2.24, 2.45) is 0 Å². The molecule has 10 nitrogen and oxygen atoms in total. The summed E-state index contributed by atoms with van der Waals surface area (Å²) in [6.07, 6.45) is 7.38. The van der Waals surface area contributed by atoms with E-state index in [-0.39, 0.29) is 6.54 Å². The molecule has 0 radical (unpaired) electrons. The fourth-order valence-corrected chi connectivity index (χ4v) is 6.85. The van der Waals surface area contributed by atoms with Gasteiger partial charge in [0, 0.05) is 30.2 Å². The number of nitrogens with one attached hydrogen (secondary N) is 2. The minimum atomic E-state index is -0.874. The van der Waals surface area contributed by atoms with Gasteiger partial charge < -0.3 is 24.8 Å². The van der Waals surface area contributed by atoms with Gasteiger partial charge in [-0.15, -0.1) is 0 Å². The molecule has 1 aromatic heterocycles. The Balaban J connectivity index is 1.04. The number of Topliss-reactive ketones (excluding diaryl/α,β-unsaturated/α-hetero) is 1. The summed E-state index contributed by atoms with van der Waals surface area (Å²) in [6.45, 7) is 4.15. The zero-order chi connectivity index (χ0) is 32.8. The number of benzene rings is 3. The second-order valence-corrected chi connectivity index (χ2v) is 12.9. The molecule has 3 heterocycles. The number of carbonyl (C=O) groups is 4. The van der Waals surface area contributed by atoms with Crippen molar-refractivity contribution in [1.82, 2.24) is 15.2 Å². The minimum Gasteiger partial charge on any atom is -0.493 e. The fourth-order valence-electron chi connectivity index (χ4n) is 6.85. The van der Waals surface area contributed by atoms with E-state index in [2.05, 4.69) is 22.7 Å². The molecule has 4 aromatic rings. The van der Waals surface area contributed by atoms with Crippen molar-refractivity contribution in [3.05, 3.63) is 78.5 Å². The first-order chi connectivity index (χ1) is 22.8. The van der Waals surface area contributed by atoms with E-state index in [1.165, 1.54) is 37.3 Å². The third-order valence-corrected chi connectivity index (χ3v) is 9.47. The normalized spacial score (nSPS) is 17.4. The monoisotopic (exact) mass is 636 g/mol. The highest BCUT2D eigenvalue weighted by atomic mass is 16.5. The van der Waals surface area contributed by atoms with Crippen LogP contribution >= 0.6 is 0 Å². The molecular weight excluding hydrogens is 594 g/mol. The van der Waals surface area contributed by atoms with E-state index in [4.69, 9.17) is 4.74 Å². The van der Waals surface area contributed by atoms with Gasteiger partial charge in [0.15, 0.2) is 0 Å². The molecule has 2 fully saturated rings. The van der Waals surface area contributed by atoms with Crippen molar-refractivity contribution >= 4 is 50.9 Å². The maximum atomic E-state index is 13.3. The minimum absolute atomic E-state index is 0.300. The van der Waals surface area contributed by atoms with E-state index >= 15 is 0 Å². The zero-order valence-electron chi connectivity index (χ0n) is 26.9. The van der Waals surface area contributed by atoms with Crippen molar-refractivity contribution in [2.75, 3.05) is 51.7 Å². The van der Waals surface area contributed by atoms with E-state index in [1.54, 1.807) is 18.3 Å². The second kappa shape index (κ2) is 14.3. The van der Waals surface area contributed by atoms with Crippen molar-refractivity contribution < 1.29 is 28.4 Å². The molecule has 1 unspecified atom stereocenters. The Morgan fingerprint density at radius 2 is 1.74 bits per heavy atom. The first-order valence-electron chi connectivity index (χ1n) is 16.6. The summed E-state index contributed by atoms with van der Waals surface area (Å²) in [5.74, 6) is -1.62. The molecule has 3 amide bonds. The molecular formula is C37H42N5O5+. The second-order valence-electron chi connectivity index (χ2n) is 12.9. The number of likely N-dealkylation sites (tertiary alicyclic amines) is 2. The van der Waals surface area contributed by atoms with E-state index in [0.29, 0.717) is 53.9 Å². The molecule has 244 valence electrons. The van der Waals surface area contributed by atoms with Gasteiger partial charge in [-0.25, -0.2) is 0 Å². The maximum absolute atomic E-state index is 13.3. The van der Waals surface area contributed by atoms with Gasteiger partial charge in [0.1, 0.15) is 11.8 Å². The molecule has 10 heteroatoms. The Labute approximate surface area is 274 Å². The third kappa shape index (κ3) is 7.60. The number of piperidine rings is 1. The van der Waals surface area contributed by atoms with Crippen molar-refractivity contribution in [3.63, 3.8) is 0 Å². The van der Waals surface area contributed by atoms with Crippen LogP contribution in [0.5, 0.6) is 5.75 Å². The number of amides is 3. The van der Waals surface area contributed by atoms with Crippen LogP contribution in [0.2, 0.25) is 0 Å². The average Bonchev–Trinajstić information content (AvgIpc) is 3.59. The predicted octanol–water partition coefficient (Wildman–Crippen LogP) is 4.72. The van der Waals surface area contributed by atoms with E-state index < -0.39 is 29.5 Å². The van der Waals surface area contributed by atoms with E-state index in [0.717, 1.165) is 28.2 Å². The smallest absolute Gasteiger partial charge is 0.293 e. The Kier molecular flexibility index (Phi) is 9.77. The molecule has 1 atom stereocenters. The lowest BCUT2D eigenvalue weighted by molar-refractivity contribution is -0.914. The Hall–Kier alpha value is -4.83. The molecule has 0 bridgehead atoms. The van der Waals surface area contributed by atoms with Crippen LogP contribution in [0.25, 0.3) is 21.7 Å². The standard InChI is InChI=1S/C37H41N5O5/c1-42(19-5-2-6-20-42)21-8-22-47-29-14-15-32-31(24-29)30(16-17-38-32)36(45)39-25-34(43)41-18-7-11-33(41)35(44)37(46)40-28-13-12-26-9-3-4-10-27(26)23-28/h3-4,9-10,12-17,23-24,33H,2,5-8,11,18-22,25H2,1H3,(H-,39,40,45,46)/p+1. The number of quaternary nitrogens is 1. The van der Waals surface area contributed by atoms with E-state index in [9.17, 15) is 19.2 Å². The molecule has 0 aliphatic carbocycles. The van der Waals surface area contributed by atoms with Crippen LogP contribution in [0.1, 0.15) is 48.9 Å². The zero-order valence-corrected chi connectivity index (χ0v) is 26.9. The van der Waals surface area contributed by atoms with Crippen LogP contribution in [-0.4, -0.2) is 90.3 Å². The summed E-state index contributed by atoms with van der Waals surface area (Å²) in [5, 5.41) is 7.99. The van der Waals surface area contributed by atoms with Crippen LogP contribution in [0.4, 0.5) is 5.69 Å². The van der Waals surface area contributed by atoms with Gasteiger partial charge in [-0.05, 0) is 79.3 Å². The van der Waals surface area contributed by atoms with Gasteiger partial charge in [0.25, 0.3) is 11.8 Å². The Morgan fingerprint density at radius 3 is 2.57 bits per heavy atom. The highest BCUT2D eigenvalue weighted by Crippen LogP contribution is 2.25. The number of ketones is 1. The Bertz CT molecular complexity index is 1800. The van der Waals surface area contributed by atoms with Crippen LogP contribution in [0.3, 0.4) is 0 Å². The first-order valence-corrected chi connectivity index (χ1v) is 16.6. The number of pyridine rings is 1. The number of ether oxygens (including phenoxy) is 1. The van der Waals surface area contributed by atoms with Gasteiger partial charge in [0.05, 0.1) is 50.9 Å². The number of aromatic nitrogens is 1. The fraction of sp³-hybridized carbons (Fsp3) is 0.378. The summed E-state index contributed by atoms with van der Waals surface area (Å²) in [5.41, 5.74) is 1.53. The number of fused-ring (bicyclic) bond motifs is 2. The average molecular weight is 637 g/mol. The van der Waals surface area contributed by atoms with E-state index in [1.807, 2.05) is 54.6 Å². The molecule has 2 aliphatic rings. The third-order valence-electron chi connectivity index (χ3n) is 9.47. The lowest BCUT2D eigenvalue weighted by Gasteiger charge is -2.37. The molecule has 0 saturated carbocycles. The summed E-state index contributed by atoms with van der Waals surface area (Å²) in [6, 6.07) is 19.4. The summed E-state index contributed by atoms with van der Waals surface area (Å²) in [4.78, 5) is 58.3.